The monoisotopic (exact) mass is 448 g/mol. The fourth-order valence-electron chi connectivity index (χ4n) is 4.12. The van der Waals surface area contributed by atoms with Crippen LogP contribution in [-0.2, 0) is 9.59 Å². The van der Waals surface area contributed by atoms with Gasteiger partial charge in [-0.15, -0.1) is 0 Å². The summed E-state index contributed by atoms with van der Waals surface area (Å²) in [5, 5.41) is 8.54. The van der Waals surface area contributed by atoms with E-state index in [2.05, 4.69) is 9.88 Å². The maximum Gasteiger partial charge on any atom is 0.267 e. The lowest BCUT2D eigenvalue weighted by Crippen LogP contribution is -2.58. The summed E-state index contributed by atoms with van der Waals surface area (Å²) in [6.45, 7) is 7.08. The molecule has 8 nitrogen and oxygen atoms in total. The van der Waals surface area contributed by atoms with Crippen molar-refractivity contribution in [2.45, 2.75) is 32.9 Å². The SMILES string of the molecule is CC(=O)N1[C@H](C)CN(c2cccc(C(=O)C=Cc3cccc(C=CC(=O)NO)n3)c2)C[C@@H]1C. The van der Waals surface area contributed by atoms with Gasteiger partial charge in [-0.1, -0.05) is 18.2 Å². The highest BCUT2D eigenvalue weighted by Crippen LogP contribution is 2.24. The maximum atomic E-state index is 12.8. The fraction of sp³-hybridized carbons (Fsp3) is 0.280. The number of aromatic nitrogens is 1. The molecule has 2 amide bonds. The molecule has 2 aromatic rings. The van der Waals surface area contributed by atoms with Gasteiger partial charge in [-0.05, 0) is 56.3 Å². The average molecular weight is 449 g/mol. The van der Waals surface area contributed by atoms with E-state index in [4.69, 9.17) is 5.21 Å². The first-order valence-electron chi connectivity index (χ1n) is 10.7. The summed E-state index contributed by atoms with van der Waals surface area (Å²) in [6.07, 6.45) is 5.70. The van der Waals surface area contributed by atoms with Gasteiger partial charge >= 0.3 is 0 Å². The van der Waals surface area contributed by atoms with E-state index in [1.54, 1.807) is 37.3 Å². The number of allylic oxidation sites excluding steroid dienone is 1. The Morgan fingerprint density at radius 3 is 2.21 bits per heavy atom. The minimum Gasteiger partial charge on any atom is -0.367 e. The Kier molecular flexibility index (Phi) is 7.74. The third kappa shape index (κ3) is 6.14. The minimum atomic E-state index is -0.653. The Labute approximate surface area is 193 Å². The second kappa shape index (κ2) is 10.7. The summed E-state index contributed by atoms with van der Waals surface area (Å²) in [5.74, 6) is -0.726. The molecular weight excluding hydrogens is 420 g/mol. The molecular formula is C25H28N4O4. The van der Waals surface area contributed by atoms with Gasteiger partial charge in [-0.2, -0.15) is 0 Å². The third-order valence-corrected chi connectivity index (χ3v) is 5.49. The first-order chi connectivity index (χ1) is 15.8. The zero-order valence-corrected chi connectivity index (χ0v) is 18.9. The second-order valence-corrected chi connectivity index (χ2v) is 8.07. The van der Waals surface area contributed by atoms with Gasteiger partial charge in [0, 0.05) is 49.4 Å². The Balaban J connectivity index is 1.72. The van der Waals surface area contributed by atoms with Crippen molar-refractivity contribution in [1.82, 2.24) is 15.4 Å². The van der Waals surface area contributed by atoms with E-state index in [9.17, 15) is 14.4 Å². The highest BCUT2D eigenvalue weighted by molar-refractivity contribution is 6.07. The number of ketones is 1. The van der Waals surface area contributed by atoms with Gasteiger partial charge in [0.15, 0.2) is 5.78 Å². The predicted molar refractivity (Wildman–Crippen MR) is 127 cm³/mol. The molecule has 1 aliphatic rings. The van der Waals surface area contributed by atoms with Gasteiger partial charge in [0.25, 0.3) is 5.91 Å². The molecule has 1 aromatic heterocycles. The maximum absolute atomic E-state index is 12.8. The van der Waals surface area contributed by atoms with Crippen LogP contribution in [0.15, 0.2) is 54.6 Å². The summed E-state index contributed by atoms with van der Waals surface area (Å²) in [5.41, 5.74) is 4.11. The number of anilines is 1. The molecule has 0 bridgehead atoms. The topological polar surface area (TPSA) is 103 Å². The normalized spacial score (nSPS) is 18.7. The molecule has 2 N–H and O–H groups in total. The molecule has 0 aliphatic carbocycles. The van der Waals surface area contributed by atoms with Gasteiger partial charge in [-0.3, -0.25) is 19.6 Å². The molecule has 172 valence electrons. The van der Waals surface area contributed by atoms with Crippen molar-refractivity contribution < 1.29 is 19.6 Å². The van der Waals surface area contributed by atoms with Crippen LogP contribution in [-0.4, -0.2) is 57.9 Å². The second-order valence-electron chi connectivity index (χ2n) is 8.07. The predicted octanol–water partition coefficient (Wildman–Crippen LogP) is 2.94. The van der Waals surface area contributed by atoms with Crippen LogP contribution in [0, 0.1) is 0 Å². The first-order valence-corrected chi connectivity index (χ1v) is 10.7. The zero-order valence-electron chi connectivity index (χ0n) is 18.9. The molecule has 0 spiro atoms. The van der Waals surface area contributed by atoms with E-state index < -0.39 is 5.91 Å². The number of nitrogens with zero attached hydrogens (tertiary/aromatic N) is 3. The fourth-order valence-corrected chi connectivity index (χ4v) is 4.12. The van der Waals surface area contributed by atoms with Gasteiger partial charge in [0.05, 0.1) is 11.4 Å². The van der Waals surface area contributed by atoms with Crippen molar-refractivity contribution in [3.63, 3.8) is 0 Å². The lowest BCUT2D eigenvalue weighted by atomic mass is 10.0. The summed E-state index contributed by atoms with van der Waals surface area (Å²) in [4.78, 5) is 44.3. The van der Waals surface area contributed by atoms with Crippen molar-refractivity contribution in [1.29, 1.82) is 0 Å². The van der Waals surface area contributed by atoms with Crippen LogP contribution in [0.5, 0.6) is 0 Å². The minimum absolute atomic E-state index is 0.0774. The van der Waals surface area contributed by atoms with E-state index in [0.717, 1.165) is 11.8 Å². The molecule has 33 heavy (non-hydrogen) atoms. The summed E-state index contributed by atoms with van der Waals surface area (Å²) in [6, 6.07) is 12.9. The van der Waals surface area contributed by atoms with Gasteiger partial charge < -0.3 is 9.80 Å². The molecule has 0 radical (unpaired) electrons. The van der Waals surface area contributed by atoms with Crippen molar-refractivity contribution in [3.05, 3.63) is 71.6 Å². The highest BCUT2D eigenvalue weighted by atomic mass is 16.5. The lowest BCUT2D eigenvalue weighted by Gasteiger charge is -2.45. The van der Waals surface area contributed by atoms with Crippen LogP contribution < -0.4 is 10.4 Å². The third-order valence-electron chi connectivity index (χ3n) is 5.49. The molecule has 8 heteroatoms. The first kappa shape index (κ1) is 23.9. The zero-order chi connectivity index (χ0) is 24.0. The lowest BCUT2D eigenvalue weighted by molar-refractivity contribution is -0.133. The molecule has 1 aliphatic heterocycles. The number of carbonyl (C=O) groups is 3. The van der Waals surface area contributed by atoms with Gasteiger partial charge in [0.1, 0.15) is 0 Å². The van der Waals surface area contributed by atoms with Crippen molar-refractivity contribution in [2.24, 2.45) is 0 Å². The number of piperazine rings is 1. The molecule has 1 aromatic carbocycles. The van der Waals surface area contributed by atoms with Crippen LogP contribution >= 0.6 is 0 Å². The quantitative estimate of drug-likeness (QED) is 0.305. The van der Waals surface area contributed by atoms with Crippen molar-refractivity contribution >= 4 is 35.4 Å². The number of hydrogen-bond acceptors (Lipinski definition) is 6. The Bertz CT molecular complexity index is 1080. The standard InChI is InChI=1S/C25H28N4O4/c1-17-15-28(16-18(2)29(17)19(3)30)23-9-4-6-20(14-23)24(31)12-10-21-7-5-8-22(26-21)11-13-25(32)27-33/h4-14,17-18,33H,15-16H2,1-3H3,(H,27,32)/t17-,18+. The van der Waals surface area contributed by atoms with E-state index in [-0.39, 0.29) is 23.8 Å². The van der Waals surface area contributed by atoms with Gasteiger partial charge in [0.2, 0.25) is 5.91 Å². The molecule has 2 atom stereocenters. The number of hydroxylamine groups is 1. The summed E-state index contributed by atoms with van der Waals surface area (Å²) < 4.78 is 0. The Hall–Kier alpha value is -3.78. The number of nitrogens with one attached hydrogen (secondary N) is 1. The van der Waals surface area contributed by atoms with Crippen molar-refractivity contribution in [2.75, 3.05) is 18.0 Å². The van der Waals surface area contributed by atoms with E-state index in [1.807, 2.05) is 36.9 Å². The van der Waals surface area contributed by atoms with Crippen LogP contribution in [0.1, 0.15) is 42.5 Å². The average Bonchev–Trinajstić information content (AvgIpc) is 2.80. The summed E-state index contributed by atoms with van der Waals surface area (Å²) in [7, 11) is 0. The molecule has 1 fully saturated rings. The van der Waals surface area contributed by atoms with Crippen LogP contribution in [0.4, 0.5) is 5.69 Å². The molecule has 1 saturated heterocycles. The number of hydrogen-bond donors (Lipinski definition) is 2. The number of amides is 2. The number of pyridine rings is 1. The molecule has 3 rings (SSSR count). The van der Waals surface area contributed by atoms with Crippen LogP contribution in [0.25, 0.3) is 12.2 Å². The van der Waals surface area contributed by atoms with E-state index >= 15 is 0 Å². The van der Waals surface area contributed by atoms with Gasteiger partial charge in [-0.25, -0.2) is 10.5 Å². The largest absolute Gasteiger partial charge is 0.367 e. The molecule has 0 unspecified atom stereocenters. The summed E-state index contributed by atoms with van der Waals surface area (Å²) >= 11 is 0. The van der Waals surface area contributed by atoms with Crippen molar-refractivity contribution in [3.8, 4) is 0 Å². The Morgan fingerprint density at radius 2 is 1.61 bits per heavy atom. The van der Waals surface area contributed by atoms with Crippen LogP contribution in [0.2, 0.25) is 0 Å². The van der Waals surface area contributed by atoms with Crippen LogP contribution in [0.3, 0.4) is 0 Å². The number of benzene rings is 1. The van der Waals surface area contributed by atoms with E-state index in [1.165, 1.54) is 17.6 Å². The molecule has 2 heterocycles. The number of rotatable bonds is 6. The highest BCUT2D eigenvalue weighted by Gasteiger charge is 2.31. The van der Waals surface area contributed by atoms with E-state index in [0.29, 0.717) is 30.0 Å². The molecule has 0 saturated carbocycles. The smallest absolute Gasteiger partial charge is 0.267 e. The Morgan fingerprint density at radius 1 is 1.00 bits per heavy atom. The number of carbonyl (C=O) groups excluding carboxylic acids is 3.